The third-order valence-electron chi connectivity index (χ3n) is 5.60. The number of amides is 1. The Bertz CT molecular complexity index is 1030. The van der Waals surface area contributed by atoms with Crippen LogP contribution in [0.4, 0.5) is 0 Å². The largest absolute Gasteiger partial charge is 0.507 e. The summed E-state index contributed by atoms with van der Waals surface area (Å²) in [6.07, 6.45) is 0.869. The molecule has 1 N–H and O–H groups in total. The van der Waals surface area contributed by atoms with Crippen LogP contribution in [0.25, 0.3) is 5.76 Å². The molecule has 33 heavy (non-hydrogen) atoms. The monoisotopic (exact) mass is 453 g/mol. The molecule has 1 atom stereocenters. The quantitative estimate of drug-likeness (QED) is 0.331. The number of aliphatic hydroxyl groups is 1. The minimum atomic E-state index is -0.732. The summed E-state index contributed by atoms with van der Waals surface area (Å²) in [6, 6.07) is 12.0. The molecule has 3 rings (SSSR count). The van der Waals surface area contributed by atoms with Crippen LogP contribution in [0, 0.1) is 0 Å². The number of Topliss-reactive ketones (excluding diaryl/α,β-unsaturated/α-hetero) is 1. The number of aryl methyl sites for hydroxylation is 1. The molecule has 0 aliphatic carbocycles. The van der Waals surface area contributed by atoms with Crippen LogP contribution in [0.1, 0.15) is 43.5 Å². The average Bonchev–Trinajstić information content (AvgIpc) is 3.08. The van der Waals surface area contributed by atoms with E-state index < -0.39 is 17.7 Å². The fraction of sp³-hybridized carbons (Fsp3) is 0.385. The molecule has 176 valence electrons. The summed E-state index contributed by atoms with van der Waals surface area (Å²) in [6.45, 7) is 7.09. The number of methoxy groups -OCH3 is 1. The Hall–Kier alpha value is -3.32. The molecule has 1 aliphatic rings. The third kappa shape index (κ3) is 5.03. The van der Waals surface area contributed by atoms with Gasteiger partial charge in [-0.2, -0.15) is 0 Å². The van der Waals surface area contributed by atoms with Gasteiger partial charge in [-0.1, -0.05) is 31.2 Å². The maximum atomic E-state index is 13.1. The fourth-order valence-electron chi connectivity index (χ4n) is 3.96. The summed E-state index contributed by atoms with van der Waals surface area (Å²) >= 11 is 0. The maximum absolute atomic E-state index is 13.1. The van der Waals surface area contributed by atoms with Gasteiger partial charge < -0.3 is 24.2 Å². The van der Waals surface area contributed by atoms with Gasteiger partial charge in [-0.25, -0.2) is 0 Å². The predicted molar refractivity (Wildman–Crippen MR) is 125 cm³/mol. The Labute approximate surface area is 194 Å². The number of ether oxygens (including phenoxy) is 3. The summed E-state index contributed by atoms with van der Waals surface area (Å²) in [5.74, 6) is -0.704. The third-order valence-corrected chi connectivity index (χ3v) is 5.60. The van der Waals surface area contributed by atoms with Crippen LogP contribution >= 0.6 is 0 Å². The van der Waals surface area contributed by atoms with E-state index in [9.17, 15) is 14.7 Å². The zero-order chi connectivity index (χ0) is 24.0. The van der Waals surface area contributed by atoms with Crippen LogP contribution in [0.3, 0.4) is 0 Å². The van der Waals surface area contributed by atoms with Gasteiger partial charge in [0.25, 0.3) is 11.7 Å². The fourth-order valence-corrected chi connectivity index (χ4v) is 3.96. The Morgan fingerprint density at radius 1 is 1.00 bits per heavy atom. The van der Waals surface area contributed by atoms with Gasteiger partial charge in [0.05, 0.1) is 37.0 Å². The second-order valence-corrected chi connectivity index (χ2v) is 7.60. The van der Waals surface area contributed by atoms with E-state index in [1.165, 1.54) is 12.0 Å². The number of carbonyl (C=O) groups excluding carboxylic acids is 2. The number of ketones is 1. The van der Waals surface area contributed by atoms with Crippen LogP contribution in [0.2, 0.25) is 0 Å². The van der Waals surface area contributed by atoms with Crippen LogP contribution in [0.15, 0.2) is 48.0 Å². The zero-order valence-electron chi connectivity index (χ0n) is 19.6. The van der Waals surface area contributed by atoms with Crippen molar-refractivity contribution in [1.82, 2.24) is 4.90 Å². The highest BCUT2D eigenvalue weighted by Crippen LogP contribution is 2.41. The highest BCUT2D eigenvalue weighted by molar-refractivity contribution is 6.46. The average molecular weight is 454 g/mol. The lowest BCUT2D eigenvalue weighted by Crippen LogP contribution is -2.32. The zero-order valence-corrected chi connectivity index (χ0v) is 19.6. The van der Waals surface area contributed by atoms with Gasteiger partial charge in [-0.3, -0.25) is 9.59 Å². The van der Waals surface area contributed by atoms with Gasteiger partial charge in [0.1, 0.15) is 17.3 Å². The number of nitrogens with zero attached hydrogens (tertiary/aromatic N) is 1. The van der Waals surface area contributed by atoms with Crippen LogP contribution in [-0.2, 0) is 20.7 Å². The van der Waals surface area contributed by atoms with Crippen molar-refractivity contribution in [2.45, 2.75) is 33.2 Å². The molecule has 0 saturated carbocycles. The summed E-state index contributed by atoms with van der Waals surface area (Å²) in [5.41, 5.74) is 2.25. The van der Waals surface area contributed by atoms with E-state index >= 15 is 0 Å². The smallest absolute Gasteiger partial charge is 0.295 e. The Balaban J connectivity index is 2.17. The van der Waals surface area contributed by atoms with Crippen molar-refractivity contribution < 1.29 is 28.9 Å². The second-order valence-electron chi connectivity index (χ2n) is 7.60. The molecule has 1 fully saturated rings. The molecule has 2 aromatic rings. The van der Waals surface area contributed by atoms with Crippen molar-refractivity contribution in [1.29, 1.82) is 0 Å². The summed E-state index contributed by atoms with van der Waals surface area (Å²) < 4.78 is 16.4. The molecule has 1 amide bonds. The molecule has 1 saturated heterocycles. The molecule has 0 radical (unpaired) electrons. The van der Waals surface area contributed by atoms with Gasteiger partial charge in [-0.15, -0.1) is 0 Å². The summed E-state index contributed by atoms with van der Waals surface area (Å²) in [7, 11) is 1.54. The number of aliphatic hydroxyl groups excluding tert-OH is 1. The van der Waals surface area contributed by atoms with Crippen molar-refractivity contribution in [3.05, 3.63) is 64.7 Å². The molecule has 2 aromatic carbocycles. The number of hydrogen-bond donors (Lipinski definition) is 1. The van der Waals surface area contributed by atoms with Gasteiger partial charge in [0.15, 0.2) is 0 Å². The molecule has 0 bridgehead atoms. The van der Waals surface area contributed by atoms with Crippen LogP contribution < -0.4 is 9.47 Å². The van der Waals surface area contributed by atoms with Gasteiger partial charge in [-0.05, 0) is 43.5 Å². The molecule has 7 nitrogen and oxygen atoms in total. The number of rotatable bonds is 10. The predicted octanol–water partition coefficient (Wildman–Crippen LogP) is 4.11. The molecular weight excluding hydrogens is 422 g/mol. The molecule has 0 aromatic heterocycles. The minimum Gasteiger partial charge on any atom is -0.507 e. The topological polar surface area (TPSA) is 85.3 Å². The Morgan fingerprint density at radius 2 is 1.70 bits per heavy atom. The SMILES string of the molecule is CCOc1ccc(/C(O)=C2/C(=O)C(=O)N(CCOC)C2c2ccc(CC)cc2)c(OCC)c1. The van der Waals surface area contributed by atoms with Gasteiger partial charge in [0, 0.05) is 19.7 Å². The van der Waals surface area contributed by atoms with Gasteiger partial charge in [0.2, 0.25) is 0 Å². The molecule has 1 unspecified atom stereocenters. The first-order valence-electron chi connectivity index (χ1n) is 11.2. The normalized spacial score (nSPS) is 17.5. The first-order valence-corrected chi connectivity index (χ1v) is 11.2. The lowest BCUT2D eigenvalue weighted by molar-refractivity contribution is -0.140. The lowest BCUT2D eigenvalue weighted by atomic mass is 9.94. The first-order chi connectivity index (χ1) is 16.0. The number of carbonyl (C=O) groups is 2. The Morgan fingerprint density at radius 3 is 2.30 bits per heavy atom. The van der Waals surface area contributed by atoms with E-state index in [0.717, 1.165) is 17.5 Å². The van der Waals surface area contributed by atoms with Crippen molar-refractivity contribution >= 4 is 17.4 Å². The molecule has 1 aliphatic heterocycles. The summed E-state index contributed by atoms with van der Waals surface area (Å²) in [4.78, 5) is 27.5. The van der Waals surface area contributed by atoms with E-state index in [0.29, 0.717) is 30.3 Å². The van der Waals surface area contributed by atoms with Crippen molar-refractivity contribution in [2.75, 3.05) is 33.5 Å². The van der Waals surface area contributed by atoms with Crippen molar-refractivity contribution in [2.24, 2.45) is 0 Å². The van der Waals surface area contributed by atoms with Crippen molar-refractivity contribution in [3.8, 4) is 11.5 Å². The van der Waals surface area contributed by atoms with E-state index in [1.807, 2.05) is 38.1 Å². The molecule has 1 heterocycles. The highest BCUT2D eigenvalue weighted by atomic mass is 16.5. The maximum Gasteiger partial charge on any atom is 0.295 e. The highest BCUT2D eigenvalue weighted by Gasteiger charge is 2.46. The molecular formula is C26H31NO6. The van der Waals surface area contributed by atoms with Gasteiger partial charge >= 0.3 is 0 Å². The minimum absolute atomic E-state index is 0.0328. The lowest BCUT2D eigenvalue weighted by Gasteiger charge is -2.25. The molecule has 7 heteroatoms. The van der Waals surface area contributed by atoms with E-state index in [2.05, 4.69) is 6.92 Å². The first kappa shape index (κ1) is 24.3. The standard InChI is InChI=1S/C26H31NO6/c1-5-17-8-10-18(11-9-17)23-22(25(29)26(30)27(23)14-15-31-4)24(28)20-13-12-19(32-6-2)16-21(20)33-7-3/h8-13,16,23,28H,5-7,14-15H2,1-4H3/b24-22-. The number of hydrogen-bond acceptors (Lipinski definition) is 6. The second kappa shape index (κ2) is 11.0. The Kier molecular flexibility index (Phi) is 8.11. The van der Waals surface area contributed by atoms with Crippen LogP contribution in [0.5, 0.6) is 11.5 Å². The van der Waals surface area contributed by atoms with Crippen molar-refractivity contribution in [3.63, 3.8) is 0 Å². The number of benzene rings is 2. The van der Waals surface area contributed by atoms with E-state index in [1.54, 1.807) is 18.2 Å². The molecule has 0 spiro atoms. The van der Waals surface area contributed by atoms with E-state index in [-0.39, 0.29) is 24.5 Å². The van der Waals surface area contributed by atoms with Crippen LogP contribution in [-0.4, -0.2) is 55.2 Å². The number of likely N-dealkylation sites (tertiary alicyclic amines) is 1. The van der Waals surface area contributed by atoms with E-state index in [4.69, 9.17) is 14.2 Å². The summed E-state index contributed by atoms with van der Waals surface area (Å²) in [5, 5.41) is 11.3.